The molecule has 0 aliphatic carbocycles. The molecule has 1 aliphatic heterocycles. The minimum atomic E-state index is 0.403. The smallest absolute Gasteiger partial charge is 0.236 e. The van der Waals surface area contributed by atoms with E-state index in [1.807, 2.05) is 77.8 Å². The van der Waals surface area contributed by atoms with Crippen molar-refractivity contribution in [3.05, 3.63) is 84.9 Å². The van der Waals surface area contributed by atoms with Crippen LogP contribution in [0.25, 0.3) is 28.0 Å². The van der Waals surface area contributed by atoms with E-state index >= 15 is 0 Å². The van der Waals surface area contributed by atoms with Crippen LogP contribution in [0, 0.1) is 11.3 Å². The lowest BCUT2D eigenvalue weighted by atomic mass is 10.1. The Morgan fingerprint density at radius 3 is 2.71 bits per heavy atom. The van der Waals surface area contributed by atoms with Gasteiger partial charge in [0.25, 0.3) is 0 Å². The van der Waals surface area contributed by atoms with Crippen molar-refractivity contribution in [1.82, 2.24) is 29.6 Å². The van der Waals surface area contributed by atoms with Gasteiger partial charge in [0.1, 0.15) is 5.82 Å². The highest BCUT2D eigenvalue weighted by Crippen LogP contribution is 2.31. The molecule has 3 aromatic heterocycles. The second-order valence-corrected chi connectivity index (χ2v) is 8.68. The number of aromatic nitrogens is 5. The fraction of sp³-hybridized carbons (Fsp3) is 0.185. The Hall–Kier alpha value is -4.48. The van der Waals surface area contributed by atoms with Crippen molar-refractivity contribution < 1.29 is 0 Å². The molecule has 2 aromatic carbocycles. The summed E-state index contributed by atoms with van der Waals surface area (Å²) in [6.45, 7) is 2.03. The van der Waals surface area contributed by atoms with Crippen molar-refractivity contribution in [2.45, 2.75) is 18.9 Å². The van der Waals surface area contributed by atoms with Gasteiger partial charge >= 0.3 is 0 Å². The average Bonchev–Trinajstić information content (AvgIpc) is 3.57. The summed E-state index contributed by atoms with van der Waals surface area (Å²) in [5.74, 6) is 1.26. The number of hydrogen-bond acceptors (Lipinski definition) is 6. The van der Waals surface area contributed by atoms with E-state index in [0.29, 0.717) is 23.4 Å². The highest BCUT2D eigenvalue weighted by molar-refractivity contribution is 5.83. The summed E-state index contributed by atoms with van der Waals surface area (Å²) in [6, 6.07) is 20.2. The summed E-state index contributed by atoms with van der Waals surface area (Å²) in [4.78, 5) is 9.64. The van der Waals surface area contributed by atoms with Crippen molar-refractivity contribution in [2.24, 2.45) is 0 Å². The maximum Gasteiger partial charge on any atom is 0.236 e. The number of anilines is 2. The van der Waals surface area contributed by atoms with Gasteiger partial charge in [-0.1, -0.05) is 18.2 Å². The van der Waals surface area contributed by atoms with Gasteiger partial charge in [0.15, 0.2) is 0 Å². The topological polar surface area (TPSA) is 96.4 Å². The van der Waals surface area contributed by atoms with Crippen molar-refractivity contribution >= 4 is 22.4 Å². The molecular weight excluding hydrogens is 436 g/mol. The molecule has 0 atom stereocenters. The molecule has 0 amide bonds. The number of benzene rings is 2. The quantitative estimate of drug-likeness (QED) is 0.390. The van der Waals surface area contributed by atoms with Crippen molar-refractivity contribution in [3.63, 3.8) is 0 Å². The first kappa shape index (κ1) is 21.1. The Morgan fingerprint density at radius 1 is 1.03 bits per heavy atom. The van der Waals surface area contributed by atoms with Crippen molar-refractivity contribution in [1.29, 1.82) is 5.26 Å². The molecule has 5 aromatic rings. The fourth-order valence-corrected chi connectivity index (χ4v) is 4.59. The molecule has 6 rings (SSSR count). The first-order valence-corrected chi connectivity index (χ1v) is 11.7. The van der Waals surface area contributed by atoms with Crippen LogP contribution >= 0.6 is 0 Å². The van der Waals surface area contributed by atoms with E-state index in [0.717, 1.165) is 53.6 Å². The van der Waals surface area contributed by atoms with Gasteiger partial charge in [-0.15, -0.1) is 0 Å². The predicted octanol–water partition coefficient (Wildman–Crippen LogP) is 4.82. The van der Waals surface area contributed by atoms with Gasteiger partial charge in [0, 0.05) is 40.8 Å². The van der Waals surface area contributed by atoms with Crippen molar-refractivity contribution in [2.75, 3.05) is 18.4 Å². The van der Waals surface area contributed by atoms with Gasteiger partial charge < -0.3 is 10.6 Å². The van der Waals surface area contributed by atoms with Crippen LogP contribution in [0.5, 0.6) is 0 Å². The van der Waals surface area contributed by atoms with Gasteiger partial charge in [0.2, 0.25) is 5.95 Å². The predicted molar refractivity (Wildman–Crippen MR) is 136 cm³/mol. The number of fused-ring (bicyclic) bond motifs is 1. The van der Waals surface area contributed by atoms with Gasteiger partial charge in [-0.05, 0) is 62.3 Å². The Balaban J connectivity index is 1.41. The molecular formula is C27H24N8. The third-order valence-corrected chi connectivity index (χ3v) is 6.44. The van der Waals surface area contributed by atoms with Crippen LogP contribution in [-0.4, -0.2) is 37.4 Å². The number of para-hydroxylation sites is 1. The number of hydrogen-bond donors (Lipinski definition) is 2. The summed E-state index contributed by atoms with van der Waals surface area (Å²) in [5.41, 5.74) is 4.38. The zero-order valence-corrected chi connectivity index (χ0v) is 19.1. The van der Waals surface area contributed by atoms with E-state index in [-0.39, 0.29) is 0 Å². The molecule has 0 spiro atoms. The monoisotopic (exact) mass is 460 g/mol. The highest BCUT2D eigenvalue weighted by Gasteiger charge is 2.18. The maximum absolute atomic E-state index is 9.22. The lowest BCUT2D eigenvalue weighted by Crippen LogP contribution is -2.29. The Morgan fingerprint density at radius 2 is 1.89 bits per heavy atom. The second-order valence-electron chi connectivity index (χ2n) is 8.68. The Bertz CT molecular complexity index is 1520. The van der Waals surface area contributed by atoms with Gasteiger partial charge in [-0.25, -0.2) is 4.98 Å². The maximum atomic E-state index is 9.22. The Kier molecular flexibility index (Phi) is 5.45. The first-order chi connectivity index (χ1) is 17.3. The lowest BCUT2D eigenvalue weighted by Gasteiger charge is -2.22. The van der Waals surface area contributed by atoms with Crippen LogP contribution in [0.1, 0.15) is 24.4 Å². The summed E-state index contributed by atoms with van der Waals surface area (Å²) in [6.07, 6.45) is 9.92. The standard InChI is InChI=1S/C27H24N8/c28-15-19-6-7-25-20(14-19)10-13-34(25)27-30-17-24(26(33-27)32-22-4-2-1-3-5-22)21-16-31-35(18-21)23-8-11-29-12-9-23/h1-7,10,13-14,16-18,23,29H,8-9,11-12H2,(H,30,32,33). The van der Waals surface area contributed by atoms with E-state index in [1.165, 1.54) is 0 Å². The molecule has 0 saturated carbocycles. The zero-order chi connectivity index (χ0) is 23.6. The number of rotatable bonds is 5. The van der Waals surface area contributed by atoms with Gasteiger partial charge in [-0.2, -0.15) is 15.3 Å². The third-order valence-electron chi connectivity index (χ3n) is 6.44. The number of piperidine rings is 1. The molecule has 8 heteroatoms. The van der Waals surface area contributed by atoms with Gasteiger partial charge in [0.05, 0.1) is 29.4 Å². The minimum absolute atomic E-state index is 0.403. The van der Waals surface area contributed by atoms with Crippen LogP contribution in [-0.2, 0) is 0 Å². The molecule has 0 bridgehead atoms. The summed E-state index contributed by atoms with van der Waals surface area (Å²) >= 11 is 0. The number of nitriles is 1. The first-order valence-electron chi connectivity index (χ1n) is 11.7. The summed E-state index contributed by atoms with van der Waals surface area (Å²) in [5, 5.41) is 21.7. The highest BCUT2D eigenvalue weighted by atomic mass is 15.3. The SMILES string of the molecule is N#Cc1ccc2c(ccn2-c2ncc(-c3cnn(C4CCNCC4)c3)c(Nc3ccccc3)n2)c1. The molecule has 4 heterocycles. The third kappa shape index (κ3) is 4.14. The molecule has 35 heavy (non-hydrogen) atoms. The van der Waals surface area contributed by atoms with Crippen molar-refractivity contribution in [3.8, 4) is 23.1 Å². The zero-order valence-electron chi connectivity index (χ0n) is 19.1. The Labute approximate surface area is 202 Å². The van der Waals surface area contributed by atoms with Crippen LogP contribution in [0.4, 0.5) is 11.5 Å². The molecule has 0 radical (unpaired) electrons. The number of nitrogens with zero attached hydrogens (tertiary/aromatic N) is 6. The van der Waals surface area contributed by atoms with E-state index in [4.69, 9.17) is 9.97 Å². The summed E-state index contributed by atoms with van der Waals surface area (Å²) in [7, 11) is 0. The molecule has 1 aliphatic rings. The number of nitrogens with one attached hydrogen (secondary N) is 2. The molecule has 2 N–H and O–H groups in total. The normalized spacial score (nSPS) is 14.1. The van der Waals surface area contributed by atoms with Crippen LogP contribution in [0.3, 0.4) is 0 Å². The molecule has 172 valence electrons. The minimum Gasteiger partial charge on any atom is -0.340 e. The largest absolute Gasteiger partial charge is 0.340 e. The lowest BCUT2D eigenvalue weighted by molar-refractivity contribution is 0.343. The molecule has 1 fully saturated rings. The van der Waals surface area contributed by atoms with E-state index in [1.54, 1.807) is 0 Å². The van der Waals surface area contributed by atoms with E-state index in [2.05, 4.69) is 32.7 Å². The second kappa shape index (κ2) is 9.05. The van der Waals surface area contributed by atoms with Crippen LogP contribution < -0.4 is 10.6 Å². The molecule has 0 unspecified atom stereocenters. The van der Waals surface area contributed by atoms with Crippen LogP contribution in [0.2, 0.25) is 0 Å². The van der Waals surface area contributed by atoms with E-state index in [9.17, 15) is 5.26 Å². The van der Waals surface area contributed by atoms with Crippen LogP contribution in [0.15, 0.2) is 79.4 Å². The van der Waals surface area contributed by atoms with E-state index < -0.39 is 0 Å². The van der Waals surface area contributed by atoms with Gasteiger partial charge in [-0.3, -0.25) is 9.25 Å². The average molecular weight is 461 g/mol. The summed E-state index contributed by atoms with van der Waals surface area (Å²) < 4.78 is 4.01. The molecule has 1 saturated heterocycles. The molecule has 8 nitrogen and oxygen atoms in total. The fourth-order valence-electron chi connectivity index (χ4n) is 4.59.